The van der Waals surface area contributed by atoms with Gasteiger partial charge in [-0.25, -0.2) is 5.84 Å². The lowest BCUT2D eigenvalue weighted by Crippen LogP contribution is -2.28. The lowest BCUT2D eigenvalue weighted by molar-refractivity contribution is 0.0939. The molecular formula is C22H29N3O2. The molecule has 2 rings (SSSR count). The average Bonchev–Trinajstić information content (AvgIpc) is 2.61. The summed E-state index contributed by atoms with van der Waals surface area (Å²) in [5.74, 6) is 7.20. The topological polar surface area (TPSA) is 67.6 Å². The van der Waals surface area contributed by atoms with Gasteiger partial charge in [-0.1, -0.05) is 32.6 Å². The number of nitrogens with two attached hydrogens (primary N) is 1. The van der Waals surface area contributed by atoms with Crippen LogP contribution in [0.5, 0.6) is 5.75 Å². The van der Waals surface area contributed by atoms with Crippen LogP contribution in [0, 0.1) is 19.8 Å². The van der Waals surface area contributed by atoms with Crippen LogP contribution in [0.1, 0.15) is 40.9 Å². The number of ketones is 1. The lowest BCUT2D eigenvalue weighted by atomic mass is 9.99. The van der Waals surface area contributed by atoms with Gasteiger partial charge in [-0.05, 0) is 49.2 Å². The van der Waals surface area contributed by atoms with Crippen LogP contribution in [0.15, 0.2) is 48.8 Å². The summed E-state index contributed by atoms with van der Waals surface area (Å²) in [5.41, 5.74) is 4.70. The third kappa shape index (κ3) is 5.11. The number of ether oxygens (including phenoxy) is 1. The molecule has 0 fully saturated rings. The minimum atomic E-state index is -0.0226. The summed E-state index contributed by atoms with van der Waals surface area (Å²) in [5, 5.41) is 4.65. The van der Waals surface area contributed by atoms with Crippen LogP contribution in [0.3, 0.4) is 0 Å². The van der Waals surface area contributed by atoms with Crippen molar-refractivity contribution in [1.82, 2.24) is 5.01 Å². The maximum atomic E-state index is 12.2. The van der Waals surface area contributed by atoms with E-state index in [1.54, 1.807) is 7.05 Å². The molecule has 0 spiro atoms. The van der Waals surface area contributed by atoms with Crippen LogP contribution < -0.4 is 15.9 Å². The Balaban J connectivity index is 2.19. The largest absolute Gasteiger partial charge is 0.489 e. The number of anilines is 1. The van der Waals surface area contributed by atoms with E-state index in [1.807, 2.05) is 64.1 Å². The molecule has 0 saturated heterocycles. The van der Waals surface area contributed by atoms with Crippen molar-refractivity contribution in [3.63, 3.8) is 0 Å². The van der Waals surface area contributed by atoms with E-state index in [4.69, 9.17) is 10.6 Å². The fraction of sp³-hybridized carbons (Fsp3) is 0.318. The van der Waals surface area contributed by atoms with Crippen LogP contribution in [0.25, 0.3) is 0 Å². The fourth-order valence-corrected chi connectivity index (χ4v) is 2.70. The van der Waals surface area contributed by atoms with Gasteiger partial charge in [0, 0.05) is 29.8 Å². The third-order valence-corrected chi connectivity index (χ3v) is 4.47. The van der Waals surface area contributed by atoms with Gasteiger partial charge in [0.1, 0.15) is 18.2 Å². The first-order valence-electron chi connectivity index (χ1n) is 9.01. The first kappa shape index (κ1) is 20.5. The number of hydrogen-bond donors (Lipinski definition) is 2. The molecule has 0 atom stereocenters. The highest BCUT2D eigenvalue weighted by molar-refractivity contribution is 5.97. The molecule has 0 aliphatic heterocycles. The Morgan fingerprint density at radius 3 is 2.52 bits per heavy atom. The number of carbonyl (C=O) groups excluding carboxylic acids is 1. The molecule has 0 bridgehead atoms. The lowest BCUT2D eigenvalue weighted by Gasteiger charge is -2.20. The Morgan fingerprint density at radius 2 is 1.93 bits per heavy atom. The fourth-order valence-electron chi connectivity index (χ4n) is 2.70. The molecule has 0 saturated carbocycles. The van der Waals surface area contributed by atoms with Crippen molar-refractivity contribution >= 4 is 11.5 Å². The molecule has 2 aromatic carbocycles. The molecule has 2 aromatic rings. The van der Waals surface area contributed by atoms with E-state index < -0.39 is 0 Å². The summed E-state index contributed by atoms with van der Waals surface area (Å²) in [6, 6.07) is 11.6. The number of Topliss-reactive ketones (excluding diaryl/α,β-unsaturated/α-hetero) is 1. The Kier molecular flexibility index (Phi) is 6.64. The van der Waals surface area contributed by atoms with Gasteiger partial charge in [0.15, 0.2) is 5.78 Å². The number of hydrogen-bond acceptors (Lipinski definition) is 5. The quantitative estimate of drug-likeness (QED) is 0.411. The van der Waals surface area contributed by atoms with Gasteiger partial charge in [0.2, 0.25) is 0 Å². The van der Waals surface area contributed by atoms with Crippen molar-refractivity contribution in [2.75, 3.05) is 12.4 Å². The van der Waals surface area contributed by atoms with Crippen LogP contribution in [0.4, 0.5) is 5.69 Å². The van der Waals surface area contributed by atoms with E-state index in [-0.39, 0.29) is 11.7 Å². The predicted octanol–water partition coefficient (Wildman–Crippen LogP) is 4.41. The minimum absolute atomic E-state index is 0.0226. The van der Waals surface area contributed by atoms with Gasteiger partial charge in [0.25, 0.3) is 0 Å². The van der Waals surface area contributed by atoms with E-state index in [0.29, 0.717) is 12.4 Å². The monoisotopic (exact) mass is 367 g/mol. The van der Waals surface area contributed by atoms with Crippen molar-refractivity contribution in [2.45, 2.75) is 34.3 Å². The van der Waals surface area contributed by atoms with Crippen molar-refractivity contribution in [3.05, 3.63) is 71.1 Å². The zero-order valence-electron chi connectivity index (χ0n) is 16.8. The molecule has 0 aliphatic rings. The van der Waals surface area contributed by atoms with Gasteiger partial charge >= 0.3 is 0 Å². The van der Waals surface area contributed by atoms with Gasteiger partial charge in [-0.15, -0.1) is 0 Å². The van der Waals surface area contributed by atoms with E-state index >= 15 is 0 Å². The molecule has 0 aliphatic carbocycles. The van der Waals surface area contributed by atoms with Crippen LogP contribution in [0.2, 0.25) is 0 Å². The Hall–Kier alpha value is -2.79. The Morgan fingerprint density at radius 1 is 1.22 bits per heavy atom. The molecular weight excluding hydrogens is 338 g/mol. The number of hydrazine groups is 1. The Labute approximate surface area is 161 Å². The number of nitrogens with zero attached hydrogens (tertiary/aromatic N) is 1. The number of benzene rings is 2. The van der Waals surface area contributed by atoms with Gasteiger partial charge < -0.3 is 15.1 Å². The summed E-state index contributed by atoms with van der Waals surface area (Å²) >= 11 is 0. The van der Waals surface area contributed by atoms with Crippen molar-refractivity contribution in [1.29, 1.82) is 0 Å². The van der Waals surface area contributed by atoms with E-state index in [1.165, 1.54) is 5.01 Å². The first-order chi connectivity index (χ1) is 12.7. The SMILES string of the molecule is C=C(Nc1cccc(C)c1COc1ccc(C(=O)C(C)C)cc1C)N(C)N. The Bertz CT molecular complexity index is 841. The number of nitrogens with one attached hydrogen (secondary N) is 1. The maximum Gasteiger partial charge on any atom is 0.165 e. The third-order valence-electron chi connectivity index (χ3n) is 4.47. The van der Waals surface area contributed by atoms with Crippen LogP contribution in [-0.2, 0) is 6.61 Å². The van der Waals surface area contributed by atoms with Gasteiger partial charge in [-0.2, -0.15) is 0 Å². The summed E-state index contributed by atoms with van der Waals surface area (Å²) in [4.78, 5) is 12.2. The summed E-state index contributed by atoms with van der Waals surface area (Å²) in [6.45, 7) is 12.1. The summed E-state index contributed by atoms with van der Waals surface area (Å²) in [7, 11) is 1.73. The molecule has 0 aromatic heterocycles. The molecule has 5 nitrogen and oxygen atoms in total. The zero-order valence-corrected chi connectivity index (χ0v) is 16.8. The van der Waals surface area contributed by atoms with Crippen LogP contribution in [-0.4, -0.2) is 17.8 Å². The van der Waals surface area contributed by atoms with E-state index in [9.17, 15) is 4.79 Å². The second-order valence-corrected chi connectivity index (χ2v) is 7.07. The smallest absolute Gasteiger partial charge is 0.165 e. The molecule has 0 heterocycles. The molecule has 0 amide bonds. The minimum Gasteiger partial charge on any atom is -0.489 e. The number of aryl methyl sites for hydroxylation is 2. The predicted molar refractivity (Wildman–Crippen MR) is 111 cm³/mol. The van der Waals surface area contributed by atoms with Crippen molar-refractivity contribution in [2.24, 2.45) is 11.8 Å². The first-order valence-corrected chi connectivity index (χ1v) is 9.01. The highest BCUT2D eigenvalue weighted by Gasteiger charge is 2.13. The highest BCUT2D eigenvalue weighted by Crippen LogP contribution is 2.26. The summed E-state index contributed by atoms with van der Waals surface area (Å²) in [6.07, 6.45) is 0. The van der Waals surface area contributed by atoms with Crippen molar-refractivity contribution in [3.8, 4) is 5.75 Å². The van der Waals surface area contributed by atoms with Crippen LogP contribution >= 0.6 is 0 Å². The maximum absolute atomic E-state index is 12.2. The number of carbonyl (C=O) groups is 1. The normalized spacial score (nSPS) is 10.6. The zero-order chi connectivity index (χ0) is 20.1. The average molecular weight is 367 g/mol. The van der Waals surface area contributed by atoms with E-state index in [2.05, 4.69) is 11.9 Å². The number of rotatable bonds is 8. The molecule has 0 radical (unpaired) electrons. The standard InChI is InChI=1S/C22H29N3O2/c1-14(2)22(26)18-10-11-21(16(4)12-18)27-13-19-15(3)8-7-9-20(19)24-17(5)25(6)23/h7-12,14,24H,5,13,23H2,1-4,6H3. The highest BCUT2D eigenvalue weighted by atomic mass is 16.5. The molecule has 5 heteroatoms. The van der Waals surface area contributed by atoms with Gasteiger partial charge in [0.05, 0.1) is 0 Å². The second kappa shape index (κ2) is 8.73. The van der Waals surface area contributed by atoms with Gasteiger partial charge in [-0.3, -0.25) is 4.79 Å². The molecule has 144 valence electrons. The second-order valence-electron chi connectivity index (χ2n) is 7.07. The molecule has 0 unspecified atom stereocenters. The molecule has 3 N–H and O–H groups in total. The van der Waals surface area contributed by atoms with Crippen molar-refractivity contribution < 1.29 is 9.53 Å². The summed E-state index contributed by atoms with van der Waals surface area (Å²) < 4.78 is 6.06. The van der Waals surface area contributed by atoms with E-state index in [0.717, 1.165) is 33.7 Å². The molecule has 27 heavy (non-hydrogen) atoms.